The number of aryl methyl sites for hydroxylation is 2. The highest BCUT2D eigenvalue weighted by molar-refractivity contribution is 5.85. The van der Waals surface area contributed by atoms with E-state index in [0.29, 0.717) is 34.9 Å². The van der Waals surface area contributed by atoms with E-state index in [2.05, 4.69) is 22.3 Å². The van der Waals surface area contributed by atoms with E-state index in [9.17, 15) is 13.2 Å². The number of hydrogen-bond donors (Lipinski definition) is 1. The maximum Gasteiger partial charge on any atom is 0.416 e. The second kappa shape index (κ2) is 8.25. The number of hydrogen-bond acceptors (Lipinski definition) is 5. The predicted octanol–water partition coefficient (Wildman–Crippen LogP) is 4.73. The van der Waals surface area contributed by atoms with Crippen LogP contribution in [-0.4, -0.2) is 35.8 Å². The van der Waals surface area contributed by atoms with E-state index in [-0.39, 0.29) is 0 Å². The summed E-state index contributed by atoms with van der Waals surface area (Å²) in [4.78, 5) is 14.0. The Balaban J connectivity index is 1.79. The lowest BCUT2D eigenvalue weighted by Gasteiger charge is -2.10. The van der Waals surface area contributed by atoms with Crippen LogP contribution in [0.15, 0.2) is 30.6 Å². The van der Waals surface area contributed by atoms with Crippen molar-refractivity contribution in [3.05, 3.63) is 53.1 Å². The average Bonchev–Trinajstić information content (AvgIpc) is 3.25. The molecule has 1 aromatic carbocycles. The average molecular weight is 443 g/mol. The van der Waals surface area contributed by atoms with Gasteiger partial charge >= 0.3 is 6.18 Å². The van der Waals surface area contributed by atoms with Crippen LogP contribution in [-0.2, 0) is 19.8 Å². The van der Waals surface area contributed by atoms with Crippen LogP contribution >= 0.6 is 0 Å². The van der Waals surface area contributed by atoms with Gasteiger partial charge in [-0.3, -0.25) is 4.68 Å². The Kier molecular flexibility index (Phi) is 5.62. The van der Waals surface area contributed by atoms with Crippen LogP contribution in [0.4, 0.5) is 19.0 Å². The molecule has 4 rings (SSSR count). The SMILES string of the molecule is CCCNc1nc(-c2c(C)nn(C)c2C)nc2c1ncn2Cc1ccc(C(F)(F)F)cc1. The third-order valence-electron chi connectivity index (χ3n) is 5.37. The molecule has 4 aromatic rings. The molecule has 1 N–H and O–H groups in total. The minimum atomic E-state index is -4.36. The Hall–Kier alpha value is -3.43. The van der Waals surface area contributed by atoms with E-state index in [1.165, 1.54) is 12.1 Å². The molecule has 168 valence electrons. The Morgan fingerprint density at radius 3 is 2.38 bits per heavy atom. The summed E-state index contributed by atoms with van der Waals surface area (Å²) in [6.45, 7) is 6.99. The molecule has 0 aliphatic rings. The maximum atomic E-state index is 12.9. The van der Waals surface area contributed by atoms with Gasteiger partial charge in [-0.15, -0.1) is 0 Å². The third kappa shape index (κ3) is 4.04. The van der Waals surface area contributed by atoms with E-state index < -0.39 is 11.7 Å². The zero-order valence-electron chi connectivity index (χ0n) is 18.3. The molecule has 32 heavy (non-hydrogen) atoms. The highest BCUT2D eigenvalue weighted by Crippen LogP contribution is 2.30. The highest BCUT2D eigenvalue weighted by Gasteiger charge is 2.30. The lowest BCUT2D eigenvalue weighted by molar-refractivity contribution is -0.137. The molecule has 0 aliphatic heterocycles. The summed E-state index contributed by atoms with van der Waals surface area (Å²) in [6, 6.07) is 5.13. The third-order valence-corrected chi connectivity index (χ3v) is 5.37. The topological polar surface area (TPSA) is 73.5 Å². The summed E-state index contributed by atoms with van der Waals surface area (Å²) in [7, 11) is 1.87. The molecule has 0 bridgehead atoms. The van der Waals surface area contributed by atoms with Gasteiger partial charge in [-0.2, -0.15) is 18.3 Å². The summed E-state index contributed by atoms with van der Waals surface area (Å²) >= 11 is 0. The Bertz CT molecular complexity index is 1250. The minimum Gasteiger partial charge on any atom is -0.368 e. The van der Waals surface area contributed by atoms with Crippen LogP contribution in [0.3, 0.4) is 0 Å². The molecule has 0 aliphatic carbocycles. The number of aromatic nitrogens is 6. The fraction of sp³-hybridized carbons (Fsp3) is 0.364. The first kappa shape index (κ1) is 21.8. The largest absolute Gasteiger partial charge is 0.416 e. The van der Waals surface area contributed by atoms with Gasteiger partial charge in [0.05, 0.1) is 29.7 Å². The second-order valence-corrected chi connectivity index (χ2v) is 7.73. The van der Waals surface area contributed by atoms with Gasteiger partial charge in [0.25, 0.3) is 0 Å². The van der Waals surface area contributed by atoms with Crippen LogP contribution in [0.2, 0.25) is 0 Å². The number of benzene rings is 1. The standard InChI is InChI=1S/C22H24F3N7/c1-5-10-26-20-18-21(29-19(28-20)17-13(2)30-31(4)14(17)3)32(12-27-18)11-15-6-8-16(9-7-15)22(23,24)25/h6-9,12H,5,10-11H2,1-4H3,(H,26,28,29). The van der Waals surface area contributed by atoms with E-state index in [1.54, 1.807) is 11.0 Å². The van der Waals surface area contributed by atoms with Crippen LogP contribution in [0.1, 0.15) is 35.9 Å². The van der Waals surface area contributed by atoms with Gasteiger partial charge in [0, 0.05) is 19.3 Å². The van der Waals surface area contributed by atoms with Crippen molar-refractivity contribution in [2.45, 2.75) is 39.9 Å². The molecule has 0 amide bonds. The molecular weight excluding hydrogens is 419 g/mol. The van der Waals surface area contributed by atoms with Crippen molar-refractivity contribution in [2.24, 2.45) is 7.05 Å². The molecular formula is C22H24F3N7. The number of nitrogens with zero attached hydrogens (tertiary/aromatic N) is 6. The molecule has 10 heteroatoms. The van der Waals surface area contributed by atoms with Gasteiger partial charge in [0.2, 0.25) is 0 Å². The van der Waals surface area contributed by atoms with Gasteiger partial charge in [0.1, 0.15) is 5.52 Å². The van der Waals surface area contributed by atoms with Gasteiger partial charge in [0.15, 0.2) is 17.3 Å². The zero-order chi connectivity index (χ0) is 23.0. The van der Waals surface area contributed by atoms with E-state index in [1.807, 2.05) is 25.5 Å². The highest BCUT2D eigenvalue weighted by atomic mass is 19.4. The monoisotopic (exact) mass is 443 g/mol. The molecule has 0 unspecified atom stereocenters. The van der Waals surface area contributed by atoms with Crippen molar-refractivity contribution in [3.63, 3.8) is 0 Å². The Morgan fingerprint density at radius 2 is 1.78 bits per heavy atom. The molecule has 0 spiro atoms. The Morgan fingerprint density at radius 1 is 1.06 bits per heavy atom. The molecule has 0 saturated heterocycles. The molecule has 0 fully saturated rings. The molecule has 0 saturated carbocycles. The van der Waals surface area contributed by atoms with E-state index >= 15 is 0 Å². The van der Waals surface area contributed by atoms with Crippen LogP contribution in [0.5, 0.6) is 0 Å². The molecule has 3 heterocycles. The zero-order valence-corrected chi connectivity index (χ0v) is 18.3. The first-order valence-electron chi connectivity index (χ1n) is 10.3. The van der Waals surface area contributed by atoms with Gasteiger partial charge in [-0.05, 0) is 38.0 Å². The molecule has 3 aromatic heterocycles. The van der Waals surface area contributed by atoms with Gasteiger partial charge in [-0.1, -0.05) is 19.1 Å². The van der Waals surface area contributed by atoms with Crippen LogP contribution in [0, 0.1) is 13.8 Å². The predicted molar refractivity (Wildman–Crippen MR) is 116 cm³/mol. The number of imidazole rings is 1. The summed E-state index contributed by atoms with van der Waals surface area (Å²) in [5.74, 6) is 1.16. The normalized spacial score (nSPS) is 12.0. The molecule has 0 atom stereocenters. The van der Waals surface area contributed by atoms with Crippen molar-refractivity contribution in [2.75, 3.05) is 11.9 Å². The van der Waals surface area contributed by atoms with Crippen LogP contribution in [0.25, 0.3) is 22.6 Å². The minimum absolute atomic E-state index is 0.337. The first-order chi connectivity index (χ1) is 15.2. The number of anilines is 1. The van der Waals surface area contributed by atoms with Crippen molar-refractivity contribution in [1.82, 2.24) is 29.3 Å². The summed E-state index contributed by atoms with van der Waals surface area (Å²) in [5.41, 5.74) is 3.89. The van der Waals surface area contributed by atoms with E-state index in [4.69, 9.17) is 9.97 Å². The number of halogens is 3. The fourth-order valence-electron chi connectivity index (χ4n) is 3.63. The molecule has 7 nitrogen and oxygen atoms in total. The van der Waals surface area contributed by atoms with Crippen LogP contribution < -0.4 is 5.32 Å². The van der Waals surface area contributed by atoms with Gasteiger partial charge in [-0.25, -0.2) is 15.0 Å². The van der Waals surface area contributed by atoms with Crippen molar-refractivity contribution >= 4 is 17.0 Å². The maximum absolute atomic E-state index is 12.9. The van der Waals surface area contributed by atoms with Crippen molar-refractivity contribution < 1.29 is 13.2 Å². The summed E-state index contributed by atoms with van der Waals surface area (Å²) in [5, 5.41) is 7.78. The number of rotatable bonds is 6. The van der Waals surface area contributed by atoms with E-state index in [0.717, 1.165) is 42.0 Å². The first-order valence-corrected chi connectivity index (χ1v) is 10.3. The summed E-state index contributed by atoms with van der Waals surface area (Å²) in [6.07, 6.45) is -1.80. The Labute approximate surface area is 183 Å². The quantitative estimate of drug-likeness (QED) is 0.466. The molecule has 0 radical (unpaired) electrons. The number of fused-ring (bicyclic) bond motifs is 1. The van der Waals surface area contributed by atoms with Crippen molar-refractivity contribution in [3.8, 4) is 11.4 Å². The fourth-order valence-corrected chi connectivity index (χ4v) is 3.63. The lowest BCUT2D eigenvalue weighted by Crippen LogP contribution is -2.07. The number of nitrogens with one attached hydrogen (secondary N) is 1. The number of alkyl halides is 3. The summed E-state index contributed by atoms with van der Waals surface area (Å²) < 4.78 is 42.2. The smallest absolute Gasteiger partial charge is 0.368 e. The van der Waals surface area contributed by atoms with Crippen molar-refractivity contribution in [1.29, 1.82) is 0 Å². The van der Waals surface area contributed by atoms with Gasteiger partial charge < -0.3 is 9.88 Å². The lowest BCUT2D eigenvalue weighted by atomic mass is 10.1. The second-order valence-electron chi connectivity index (χ2n) is 7.73.